The van der Waals surface area contributed by atoms with E-state index in [2.05, 4.69) is 26.0 Å². The van der Waals surface area contributed by atoms with Crippen molar-refractivity contribution >= 4 is 11.8 Å². The van der Waals surface area contributed by atoms with Crippen LogP contribution in [-0.2, 0) is 11.3 Å². The summed E-state index contributed by atoms with van der Waals surface area (Å²) in [7, 11) is 1.38. The molecule has 0 radical (unpaired) electrons. The van der Waals surface area contributed by atoms with Crippen molar-refractivity contribution in [3.05, 3.63) is 23.0 Å². The van der Waals surface area contributed by atoms with Crippen LogP contribution in [0.15, 0.2) is 6.07 Å². The van der Waals surface area contributed by atoms with Crippen LogP contribution in [0.3, 0.4) is 0 Å². The highest BCUT2D eigenvalue weighted by atomic mass is 16.5. The van der Waals surface area contributed by atoms with E-state index in [1.54, 1.807) is 0 Å². The smallest absolute Gasteiger partial charge is 0.407 e. The van der Waals surface area contributed by atoms with Crippen molar-refractivity contribution in [3.63, 3.8) is 0 Å². The molecule has 2 rings (SSSR count). The van der Waals surface area contributed by atoms with E-state index in [9.17, 15) is 4.79 Å². The molecule has 3 N–H and O–H groups in total. The molecule has 6 heteroatoms. The van der Waals surface area contributed by atoms with Crippen molar-refractivity contribution in [1.29, 1.82) is 0 Å². The summed E-state index contributed by atoms with van der Waals surface area (Å²) in [6, 6.07) is 2.18. The Hall–Kier alpha value is -1.82. The van der Waals surface area contributed by atoms with Crippen molar-refractivity contribution in [2.24, 2.45) is 5.73 Å². The number of rotatable bonds is 3. The van der Waals surface area contributed by atoms with Crippen molar-refractivity contribution in [1.82, 2.24) is 10.3 Å². The molecule has 1 aromatic heterocycles. The third-order valence-corrected chi connectivity index (χ3v) is 3.68. The molecule has 1 aliphatic heterocycles. The van der Waals surface area contributed by atoms with Crippen LogP contribution in [0.1, 0.15) is 23.4 Å². The first kappa shape index (κ1) is 14.6. The number of carbonyl (C=O) groups excluding carboxylic acids is 1. The van der Waals surface area contributed by atoms with Crippen LogP contribution in [0.25, 0.3) is 0 Å². The third kappa shape index (κ3) is 3.01. The third-order valence-electron chi connectivity index (χ3n) is 3.68. The Morgan fingerprint density at radius 2 is 2.35 bits per heavy atom. The molecule has 1 saturated heterocycles. The first-order valence-corrected chi connectivity index (χ1v) is 6.81. The summed E-state index contributed by atoms with van der Waals surface area (Å²) in [4.78, 5) is 18.0. The Morgan fingerprint density at radius 3 is 3.00 bits per heavy atom. The van der Waals surface area contributed by atoms with Gasteiger partial charge in [-0.25, -0.2) is 4.79 Å². The molecule has 110 valence electrons. The molecule has 1 atom stereocenters. The van der Waals surface area contributed by atoms with Crippen LogP contribution in [0.4, 0.5) is 10.5 Å². The predicted octanol–water partition coefficient (Wildman–Crippen LogP) is 1.09. The summed E-state index contributed by atoms with van der Waals surface area (Å²) < 4.78 is 4.64. The number of carbonyl (C=O) groups is 1. The van der Waals surface area contributed by atoms with Gasteiger partial charge in [0.1, 0.15) is 0 Å². The van der Waals surface area contributed by atoms with Crippen molar-refractivity contribution in [3.8, 4) is 0 Å². The Labute approximate surface area is 119 Å². The molecule has 0 saturated carbocycles. The number of pyridine rings is 1. The molecule has 6 nitrogen and oxygen atoms in total. The van der Waals surface area contributed by atoms with Crippen LogP contribution in [0.5, 0.6) is 0 Å². The number of hydrogen-bond donors (Lipinski definition) is 2. The monoisotopic (exact) mass is 278 g/mol. The van der Waals surface area contributed by atoms with Gasteiger partial charge < -0.3 is 20.7 Å². The number of ether oxygens (including phenoxy) is 1. The molecule has 1 amide bonds. The van der Waals surface area contributed by atoms with Gasteiger partial charge in [-0.1, -0.05) is 0 Å². The van der Waals surface area contributed by atoms with E-state index in [1.807, 2.05) is 13.8 Å². The summed E-state index contributed by atoms with van der Waals surface area (Å²) in [5.41, 5.74) is 10.0. The fraction of sp³-hybridized carbons (Fsp3) is 0.571. The van der Waals surface area contributed by atoms with Crippen LogP contribution >= 0.6 is 0 Å². The minimum Gasteiger partial charge on any atom is -0.453 e. The van der Waals surface area contributed by atoms with E-state index in [-0.39, 0.29) is 12.1 Å². The van der Waals surface area contributed by atoms with E-state index < -0.39 is 0 Å². The normalized spacial score (nSPS) is 18.2. The maximum Gasteiger partial charge on any atom is 0.407 e. The fourth-order valence-corrected chi connectivity index (χ4v) is 2.69. The van der Waals surface area contributed by atoms with E-state index in [1.165, 1.54) is 7.11 Å². The lowest BCUT2D eigenvalue weighted by Crippen LogP contribution is -2.37. The molecular formula is C14H22N4O2. The number of nitrogens with one attached hydrogen (secondary N) is 1. The predicted molar refractivity (Wildman–Crippen MR) is 77.8 cm³/mol. The molecule has 20 heavy (non-hydrogen) atoms. The van der Waals surface area contributed by atoms with Gasteiger partial charge in [0, 0.05) is 42.3 Å². The molecule has 0 spiro atoms. The first-order chi connectivity index (χ1) is 9.55. The lowest BCUT2D eigenvalue weighted by molar-refractivity contribution is 0.167. The highest BCUT2D eigenvalue weighted by Gasteiger charge is 2.26. The maximum atomic E-state index is 11.3. The number of amides is 1. The van der Waals surface area contributed by atoms with Gasteiger partial charge in [-0.05, 0) is 26.3 Å². The molecule has 0 aliphatic carbocycles. The average Bonchev–Trinajstić information content (AvgIpc) is 2.86. The number of methoxy groups -OCH3 is 1. The summed E-state index contributed by atoms with van der Waals surface area (Å²) in [5, 5.41) is 2.85. The number of aromatic nitrogens is 1. The highest BCUT2D eigenvalue weighted by Crippen LogP contribution is 2.27. The van der Waals surface area contributed by atoms with Gasteiger partial charge in [-0.15, -0.1) is 0 Å². The first-order valence-electron chi connectivity index (χ1n) is 6.81. The van der Waals surface area contributed by atoms with Gasteiger partial charge in [-0.3, -0.25) is 4.98 Å². The van der Waals surface area contributed by atoms with E-state index in [0.29, 0.717) is 6.54 Å². The Bertz CT molecular complexity index is 504. The van der Waals surface area contributed by atoms with E-state index >= 15 is 0 Å². The van der Waals surface area contributed by atoms with Crippen LogP contribution in [0.2, 0.25) is 0 Å². The van der Waals surface area contributed by atoms with Crippen molar-refractivity contribution in [2.75, 3.05) is 25.1 Å². The maximum absolute atomic E-state index is 11.3. The lowest BCUT2D eigenvalue weighted by Gasteiger charge is -2.23. The average molecular weight is 278 g/mol. The topological polar surface area (TPSA) is 80.5 Å². The molecule has 0 bridgehead atoms. The second kappa shape index (κ2) is 6.09. The van der Waals surface area contributed by atoms with Crippen LogP contribution in [-0.4, -0.2) is 37.3 Å². The van der Waals surface area contributed by atoms with Gasteiger partial charge in [0.05, 0.1) is 13.2 Å². The number of alkyl carbamates (subject to hydrolysis) is 1. The Balaban J connectivity index is 2.15. The Kier molecular flexibility index (Phi) is 4.44. The zero-order chi connectivity index (χ0) is 14.7. The number of nitrogens with two attached hydrogens (primary N) is 1. The largest absolute Gasteiger partial charge is 0.453 e. The molecule has 1 aromatic rings. The summed E-state index contributed by atoms with van der Waals surface area (Å²) in [6.45, 7) is 6.10. The molecule has 2 heterocycles. The SMILES string of the molecule is COC(=O)NC1CCN(c2cc(C)nc(C)c2CN)C1. The minimum absolute atomic E-state index is 0.113. The van der Waals surface area contributed by atoms with Gasteiger partial charge in [0.2, 0.25) is 0 Å². The van der Waals surface area contributed by atoms with E-state index in [0.717, 1.165) is 42.1 Å². The number of hydrogen-bond acceptors (Lipinski definition) is 5. The Morgan fingerprint density at radius 1 is 1.60 bits per heavy atom. The van der Waals surface area contributed by atoms with Crippen molar-refractivity contribution < 1.29 is 9.53 Å². The molecule has 0 aromatic carbocycles. The summed E-state index contributed by atoms with van der Waals surface area (Å²) >= 11 is 0. The summed E-state index contributed by atoms with van der Waals surface area (Å²) in [6.07, 6.45) is 0.525. The number of nitrogens with zero attached hydrogens (tertiary/aromatic N) is 2. The zero-order valence-electron chi connectivity index (χ0n) is 12.3. The standard InChI is InChI=1S/C14H22N4O2/c1-9-6-13(12(7-15)10(2)16-9)18-5-4-11(8-18)17-14(19)20-3/h6,11H,4-5,7-8,15H2,1-3H3,(H,17,19). The minimum atomic E-state index is -0.377. The highest BCUT2D eigenvalue weighted by molar-refractivity contribution is 5.68. The lowest BCUT2D eigenvalue weighted by atomic mass is 10.1. The van der Waals surface area contributed by atoms with Gasteiger partial charge >= 0.3 is 6.09 Å². The quantitative estimate of drug-likeness (QED) is 0.865. The van der Waals surface area contributed by atoms with Crippen LogP contribution in [0, 0.1) is 13.8 Å². The number of anilines is 1. The molecule has 1 aliphatic rings. The molecule has 1 unspecified atom stereocenters. The van der Waals surface area contributed by atoms with Gasteiger partial charge in [-0.2, -0.15) is 0 Å². The zero-order valence-corrected chi connectivity index (χ0v) is 12.3. The number of aryl methyl sites for hydroxylation is 2. The van der Waals surface area contributed by atoms with Crippen LogP contribution < -0.4 is 16.0 Å². The van der Waals surface area contributed by atoms with Gasteiger partial charge in [0.15, 0.2) is 0 Å². The molecule has 1 fully saturated rings. The van der Waals surface area contributed by atoms with Gasteiger partial charge in [0.25, 0.3) is 0 Å². The second-order valence-electron chi connectivity index (χ2n) is 5.12. The summed E-state index contributed by atoms with van der Waals surface area (Å²) in [5.74, 6) is 0. The van der Waals surface area contributed by atoms with Crippen molar-refractivity contribution in [2.45, 2.75) is 32.9 Å². The molecular weight excluding hydrogens is 256 g/mol. The van der Waals surface area contributed by atoms with E-state index in [4.69, 9.17) is 5.73 Å². The second-order valence-corrected chi connectivity index (χ2v) is 5.12. The fourth-order valence-electron chi connectivity index (χ4n) is 2.69.